The van der Waals surface area contributed by atoms with Crippen molar-refractivity contribution < 1.29 is 0 Å². The molecule has 2 aliphatic rings. The fraction of sp³-hybridized carbons (Fsp3) is 0.786. The van der Waals surface area contributed by atoms with Crippen molar-refractivity contribution in [1.29, 1.82) is 0 Å². The van der Waals surface area contributed by atoms with Gasteiger partial charge in [0.2, 0.25) is 0 Å². The van der Waals surface area contributed by atoms with Crippen LogP contribution < -0.4 is 0 Å². The third-order valence-electron chi connectivity index (χ3n) is 8.21. The SMILES string of the molecule is CCCCC[C@H]1CC[C@H](C2CCC(c3ccc(CCCC)cc3)C(C)C2)CC1. The lowest BCUT2D eigenvalue weighted by molar-refractivity contribution is 0.130. The molecule has 0 aromatic heterocycles. The van der Waals surface area contributed by atoms with Crippen LogP contribution in [0.2, 0.25) is 0 Å². The van der Waals surface area contributed by atoms with E-state index in [1.165, 1.54) is 95.5 Å². The molecule has 1 aromatic carbocycles. The highest BCUT2D eigenvalue weighted by molar-refractivity contribution is 5.26. The zero-order valence-corrected chi connectivity index (χ0v) is 19.1. The summed E-state index contributed by atoms with van der Waals surface area (Å²) in [6.07, 6.45) is 20.2. The Balaban J connectivity index is 1.45. The minimum Gasteiger partial charge on any atom is -0.0654 e. The van der Waals surface area contributed by atoms with E-state index in [-0.39, 0.29) is 0 Å². The number of hydrogen-bond acceptors (Lipinski definition) is 0. The lowest BCUT2D eigenvalue weighted by Crippen LogP contribution is -2.29. The summed E-state index contributed by atoms with van der Waals surface area (Å²) in [5, 5.41) is 0. The Morgan fingerprint density at radius 2 is 1.43 bits per heavy atom. The van der Waals surface area contributed by atoms with E-state index < -0.39 is 0 Å². The Kier molecular flexibility index (Phi) is 8.94. The van der Waals surface area contributed by atoms with E-state index >= 15 is 0 Å². The van der Waals surface area contributed by atoms with Gasteiger partial charge in [0.15, 0.2) is 0 Å². The monoisotopic (exact) mass is 382 g/mol. The standard InChI is InChI=1S/C28H46/c1-4-6-8-10-24-11-15-25(16-12-24)27-19-20-28(22(3)21-27)26-17-13-23(14-18-26)9-7-5-2/h13-14,17-18,22,24-25,27-28H,4-12,15-16,19-21H2,1-3H3/t22?,24-,25-,27?,28?. The van der Waals surface area contributed by atoms with Gasteiger partial charge in [-0.15, -0.1) is 0 Å². The van der Waals surface area contributed by atoms with Crippen LogP contribution in [0.25, 0.3) is 0 Å². The molecule has 2 saturated carbocycles. The van der Waals surface area contributed by atoms with Crippen molar-refractivity contribution in [2.75, 3.05) is 0 Å². The minimum atomic E-state index is 0.807. The van der Waals surface area contributed by atoms with Gasteiger partial charge in [0.05, 0.1) is 0 Å². The molecule has 3 rings (SSSR count). The summed E-state index contributed by atoms with van der Waals surface area (Å²) in [4.78, 5) is 0. The molecule has 158 valence electrons. The molecule has 0 heterocycles. The average molecular weight is 383 g/mol. The van der Waals surface area contributed by atoms with Crippen molar-refractivity contribution in [1.82, 2.24) is 0 Å². The molecule has 0 amide bonds. The maximum atomic E-state index is 2.54. The molecular formula is C28H46. The maximum absolute atomic E-state index is 2.54. The van der Waals surface area contributed by atoms with Gasteiger partial charge in [-0.3, -0.25) is 0 Å². The van der Waals surface area contributed by atoms with E-state index in [1.54, 1.807) is 5.56 Å². The van der Waals surface area contributed by atoms with Gasteiger partial charge in [0.1, 0.15) is 0 Å². The van der Waals surface area contributed by atoms with E-state index in [0.29, 0.717) is 0 Å². The molecule has 0 heteroatoms. The first-order chi connectivity index (χ1) is 13.7. The second kappa shape index (κ2) is 11.4. The summed E-state index contributed by atoms with van der Waals surface area (Å²) in [5.74, 6) is 4.79. The second-order valence-corrected chi connectivity index (χ2v) is 10.3. The molecule has 0 nitrogen and oxygen atoms in total. The molecular weight excluding hydrogens is 336 g/mol. The Morgan fingerprint density at radius 1 is 0.750 bits per heavy atom. The zero-order valence-electron chi connectivity index (χ0n) is 19.1. The summed E-state index contributed by atoms with van der Waals surface area (Å²) >= 11 is 0. The molecule has 3 unspecified atom stereocenters. The number of unbranched alkanes of at least 4 members (excludes halogenated alkanes) is 3. The predicted molar refractivity (Wildman–Crippen MR) is 124 cm³/mol. The van der Waals surface area contributed by atoms with Crippen LogP contribution in [0.5, 0.6) is 0 Å². The number of hydrogen-bond donors (Lipinski definition) is 0. The normalized spacial score (nSPS) is 31.0. The van der Waals surface area contributed by atoms with Crippen LogP contribution in [-0.2, 0) is 6.42 Å². The molecule has 0 bridgehead atoms. The fourth-order valence-corrected chi connectivity index (χ4v) is 6.30. The van der Waals surface area contributed by atoms with Crippen LogP contribution in [0, 0.1) is 23.7 Å². The van der Waals surface area contributed by atoms with Crippen LogP contribution in [0.3, 0.4) is 0 Å². The van der Waals surface area contributed by atoms with Crippen molar-refractivity contribution in [2.24, 2.45) is 23.7 Å². The highest BCUT2D eigenvalue weighted by Crippen LogP contribution is 2.47. The van der Waals surface area contributed by atoms with Crippen LogP contribution in [0.4, 0.5) is 0 Å². The Bertz CT molecular complexity index is 534. The van der Waals surface area contributed by atoms with Gasteiger partial charge in [0.25, 0.3) is 0 Å². The highest BCUT2D eigenvalue weighted by atomic mass is 14.4. The molecule has 0 saturated heterocycles. The summed E-state index contributed by atoms with van der Waals surface area (Å²) < 4.78 is 0. The van der Waals surface area contributed by atoms with Gasteiger partial charge in [-0.2, -0.15) is 0 Å². The molecule has 0 aliphatic heterocycles. The quantitative estimate of drug-likeness (QED) is 0.374. The van der Waals surface area contributed by atoms with Gasteiger partial charge < -0.3 is 0 Å². The molecule has 0 radical (unpaired) electrons. The largest absolute Gasteiger partial charge is 0.0654 e. The first-order valence-electron chi connectivity index (χ1n) is 12.8. The lowest BCUT2D eigenvalue weighted by Gasteiger charge is -2.41. The molecule has 2 aliphatic carbocycles. The first kappa shape index (κ1) is 21.9. The van der Waals surface area contributed by atoms with Gasteiger partial charge >= 0.3 is 0 Å². The fourth-order valence-electron chi connectivity index (χ4n) is 6.30. The Morgan fingerprint density at radius 3 is 2.07 bits per heavy atom. The number of aryl methyl sites for hydroxylation is 1. The van der Waals surface area contributed by atoms with Crippen LogP contribution in [0.15, 0.2) is 24.3 Å². The summed E-state index contributed by atoms with van der Waals surface area (Å²) in [5.41, 5.74) is 3.15. The summed E-state index contributed by atoms with van der Waals surface area (Å²) in [6, 6.07) is 9.72. The van der Waals surface area contributed by atoms with Crippen molar-refractivity contribution in [3.05, 3.63) is 35.4 Å². The van der Waals surface area contributed by atoms with Gasteiger partial charge in [-0.25, -0.2) is 0 Å². The van der Waals surface area contributed by atoms with E-state index in [1.807, 2.05) is 0 Å². The Labute approximate surface area is 175 Å². The van der Waals surface area contributed by atoms with E-state index in [9.17, 15) is 0 Å². The topological polar surface area (TPSA) is 0 Å². The third-order valence-corrected chi connectivity index (χ3v) is 8.21. The van der Waals surface area contributed by atoms with Crippen LogP contribution >= 0.6 is 0 Å². The summed E-state index contributed by atoms with van der Waals surface area (Å²) in [6.45, 7) is 7.15. The van der Waals surface area contributed by atoms with Crippen LogP contribution in [0.1, 0.15) is 121 Å². The molecule has 3 atom stereocenters. The van der Waals surface area contributed by atoms with Crippen molar-refractivity contribution in [2.45, 2.75) is 117 Å². The number of rotatable bonds is 9. The second-order valence-electron chi connectivity index (χ2n) is 10.3. The third kappa shape index (κ3) is 6.11. The van der Waals surface area contributed by atoms with E-state index in [4.69, 9.17) is 0 Å². The Hall–Kier alpha value is -0.780. The van der Waals surface area contributed by atoms with E-state index in [0.717, 1.165) is 29.6 Å². The zero-order chi connectivity index (χ0) is 19.8. The molecule has 28 heavy (non-hydrogen) atoms. The predicted octanol–water partition coefficient (Wildman–Crippen LogP) is 8.94. The van der Waals surface area contributed by atoms with Crippen molar-refractivity contribution in [3.8, 4) is 0 Å². The van der Waals surface area contributed by atoms with Gasteiger partial charge in [-0.05, 0) is 85.7 Å². The molecule has 2 fully saturated rings. The first-order valence-corrected chi connectivity index (χ1v) is 12.8. The van der Waals surface area contributed by atoms with E-state index in [2.05, 4.69) is 45.0 Å². The summed E-state index contributed by atoms with van der Waals surface area (Å²) in [7, 11) is 0. The molecule has 0 spiro atoms. The van der Waals surface area contributed by atoms with Gasteiger partial charge in [0, 0.05) is 0 Å². The average Bonchev–Trinajstić information content (AvgIpc) is 2.73. The maximum Gasteiger partial charge on any atom is -0.0136 e. The lowest BCUT2D eigenvalue weighted by atomic mass is 9.64. The van der Waals surface area contributed by atoms with Crippen molar-refractivity contribution >= 4 is 0 Å². The molecule has 0 N–H and O–H groups in total. The molecule has 1 aromatic rings. The minimum absolute atomic E-state index is 0.807. The van der Waals surface area contributed by atoms with Crippen LogP contribution in [-0.4, -0.2) is 0 Å². The smallest absolute Gasteiger partial charge is 0.0136 e. The number of benzene rings is 1. The highest BCUT2D eigenvalue weighted by Gasteiger charge is 2.34. The van der Waals surface area contributed by atoms with Gasteiger partial charge in [-0.1, -0.05) is 90.0 Å². The van der Waals surface area contributed by atoms with Crippen molar-refractivity contribution in [3.63, 3.8) is 0 Å².